The molecule has 4 aromatic rings. The summed E-state index contributed by atoms with van der Waals surface area (Å²) in [4.78, 5) is 25.2. The Bertz CT molecular complexity index is 1500. The molecule has 0 spiro atoms. The van der Waals surface area contributed by atoms with E-state index in [1.54, 1.807) is 16.7 Å². The number of phenols is 1. The van der Waals surface area contributed by atoms with Crippen LogP contribution in [0.2, 0.25) is 0 Å². The Morgan fingerprint density at radius 2 is 1.77 bits per heavy atom. The van der Waals surface area contributed by atoms with Gasteiger partial charge in [0.2, 0.25) is 5.91 Å². The third-order valence-corrected chi connectivity index (χ3v) is 8.04. The van der Waals surface area contributed by atoms with Crippen LogP contribution in [0.15, 0.2) is 67.3 Å². The van der Waals surface area contributed by atoms with Crippen molar-refractivity contribution in [2.75, 3.05) is 18.8 Å². The topological polar surface area (TPSA) is 207 Å². The van der Waals surface area contributed by atoms with Gasteiger partial charge in [0.25, 0.3) is 0 Å². The van der Waals surface area contributed by atoms with Gasteiger partial charge in [-0.05, 0) is 61.4 Å². The first-order valence-corrected chi connectivity index (χ1v) is 14.8. The van der Waals surface area contributed by atoms with E-state index in [4.69, 9.17) is 16.2 Å². The van der Waals surface area contributed by atoms with Crippen LogP contribution in [0.5, 0.6) is 5.75 Å². The monoisotopic (exact) mass is 604 g/mol. The SMILES string of the molecule is Nc1ncnc2c1ncn2[C@@H]1O[C@H](C[C@H](CC[C@H](N)C(=O)NCCc2ccc(O)cc2)CNCc2ccccc2)[C@@H](O)[C@H]1O. The fraction of sp³-hybridized carbons (Fsp3) is 0.419. The number of nitrogens with one attached hydrogen (secondary N) is 2. The van der Waals surface area contributed by atoms with E-state index in [2.05, 4.69) is 25.6 Å². The second-order valence-corrected chi connectivity index (χ2v) is 11.2. The van der Waals surface area contributed by atoms with E-state index in [0.717, 1.165) is 11.1 Å². The lowest BCUT2D eigenvalue weighted by molar-refractivity contribution is -0.122. The Balaban J connectivity index is 1.19. The lowest BCUT2D eigenvalue weighted by atomic mass is 9.91. The summed E-state index contributed by atoms with van der Waals surface area (Å²) in [5.74, 6) is 0.157. The van der Waals surface area contributed by atoms with Gasteiger partial charge in [-0.3, -0.25) is 9.36 Å². The van der Waals surface area contributed by atoms with Gasteiger partial charge >= 0.3 is 0 Å². The molecular weight excluding hydrogens is 564 g/mol. The third-order valence-electron chi connectivity index (χ3n) is 8.04. The highest BCUT2D eigenvalue weighted by atomic mass is 16.6. The number of anilines is 1. The van der Waals surface area contributed by atoms with Gasteiger partial charge < -0.3 is 42.2 Å². The van der Waals surface area contributed by atoms with Gasteiger partial charge in [0.15, 0.2) is 17.7 Å². The molecule has 2 aromatic carbocycles. The van der Waals surface area contributed by atoms with Crippen molar-refractivity contribution in [1.29, 1.82) is 0 Å². The number of nitrogens with zero attached hydrogens (tertiary/aromatic N) is 4. The number of amides is 1. The Hall–Kier alpha value is -4.14. The predicted octanol–water partition coefficient (Wildman–Crippen LogP) is 0.996. The predicted molar refractivity (Wildman–Crippen MR) is 164 cm³/mol. The van der Waals surface area contributed by atoms with Gasteiger partial charge in [-0.2, -0.15) is 0 Å². The number of rotatable bonds is 14. The first-order valence-electron chi connectivity index (χ1n) is 14.8. The molecule has 1 aliphatic rings. The highest BCUT2D eigenvalue weighted by Crippen LogP contribution is 2.35. The molecule has 2 aromatic heterocycles. The first-order chi connectivity index (χ1) is 21.3. The number of aliphatic hydroxyl groups is 2. The van der Waals surface area contributed by atoms with Crippen LogP contribution in [-0.2, 0) is 22.5 Å². The Morgan fingerprint density at radius 3 is 2.55 bits per heavy atom. The van der Waals surface area contributed by atoms with Crippen LogP contribution in [0.4, 0.5) is 5.82 Å². The van der Waals surface area contributed by atoms with Crippen LogP contribution in [0.1, 0.15) is 36.6 Å². The summed E-state index contributed by atoms with van der Waals surface area (Å²) < 4.78 is 7.76. The summed E-state index contributed by atoms with van der Waals surface area (Å²) in [5.41, 5.74) is 15.1. The minimum Gasteiger partial charge on any atom is -0.508 e. The summed E-state index contributed by atoms with van der Waals surface area (Å²) in [6.45, 7) is 1.68. The normalized spacial score (nSPS) is 21.3. The minimum atomic E-state index is -1.21. The fourth-order valence-corrected chi connectivity index (χ4v) is 5.53. The molecular formula is C31H40N8O5. The third kappa shape index (κ3) is 7.68. The molecule has 3 heterocycles. The highest BCUT2D eigenvalue weighted by Gasteiger charge is 2.45. The van der Waals surface area contributed by atoms with Gasteiger partial charge in [-0.15, -0.1) is 0 Å². The fourth-order valence-electron chi connectivity index (χ4n) is 5.53. The van der Waals surface area contributed by atoms with Crippen molar-refractivity contribution in [1.82, 2.24) is 30.2 Å². The van der Waals surface area contributed by atoms with Crippen molar-refractivity contribution in [3.05, 3.63) is 78.4 Å². The Kier molecular flexibility index (Phi) is 10.4. The number of fused-ring (bicyclic) bond motifs is 1. The summed E-state index contributed by atoms with van der Waals surface area (Å²) >= 11 is 0. The van der Waals surface area contributed by atoms with E-state index in [0.29, 0.717) is 56.5 Å². The number of nitrogens with two attached hydrogens (primary N) is 2. The molecule has 0 unspecified atom stereocenters. The number of hydrogen-bond donors (Lipinski definition) is 7. The van der Waals surface area contributed by atoms with Crippen LogP contribution >= 0.6 is 0 Å². The molecule has 9 N–H and O–H groups in total. The second-order valence-electron chi connectivity index (χ2n) is 11.2. The quantitative estimate of drug-likeness (QED) is 0.108. The molecule has 1 fully saturated rings. The van der Waals surface area contributed by atoms with E-state index >= 15 is 0 Å². The number of ether oxygens (including phenoxy) is 1. The van der Waals surface area contributed by atoms with E-state index < -0.39 is 30.6 Å². The Labute approximate surface area is 255 Å². The highest BCUT2D eigenvalue weighted by molar-refractivity contribution is 5.81. The van der Waals surface area contributed by atoms with Gasteiger partial charge in [0.1, 0.15) is 29.8 Å². The maximum atomic E-state index is 12.7. The van der Waals surface area contributed by atoms with E-state index in [-0.39, 0.29) is 23.4 Å². The summed E-state index contributed by atoms with van der Waals surface area (Å²) in [6.07, 6.45) is 0.908. The zero-order valence-corrected chi connectivity index (χ0v) is 24.4. The van der Waals surface area contributed by atoms with Crippen molar-refractivity contribution in [2.24, 2.45) is 11.7 Å². The average molecular weight is 605 g/mol. The Morgan fingerprint density at radius 1 is 1.00 bits per heavy atom. The standard InChI is InChI=1S/C31H40N8O5/c32-23(30(43)35-13-12-19-6-9-22(40)10-7-19)11-8-21(16-34-15-20-4-2-1-3-5-20)14-24-26(41)27(42)31(44-24)39-18-38-25-28(33)36-17-37-29(25)39/h1-7,9-10,17-18,21,23-24,26-27,31,34,40-42H,8,11-16,32H2,(H,35,43)(H2,33,36,37)/t21-,23-,24+,26+,27+,31+/m0/s1. The first kappa shape index (κ1) is 31.3. The number of carbonyl (C=O) groups is 1. The van der Waals surface area contributed by atoms with Gasteiger partial charge in [0, 0.05) is 13.1 Å². The zero-order valence-electron chi connectivity index (χ0n) is 24.4. The molecule has 0 radical (unpaired) electrons. The number of aromatic nitrogens is 4. The summed E-state index contributed by atoms with van der Waals surface area (Å²) in [6, 6.07) is 16.2. The molecule has 0 aliphatic carbocycles. The van der Waals surface area contributed by atoms with Crippen molar-refractivity contribution in [3.8, 4) is 5.75 Å². The van der Waals surface area contributed by atoms with E-state index in [1.165, 1.54) is 12.7 Å². The van der Waals surface area contributed by atoms with Crippen LogP contribution < -0.4 is 22.1 Å². The average Bonchev–Trinajstić information content (AvgIpc) is 3.58. The molecule has 44 heavy (non-hydrogen) atoms. The largest absolute Gasteiger partial charge is 0.508 e. The molecule has 1 saturated heterocycles. The summed E-state index contributed by atoms with van der Waals surface area (Å²) in [7, 11) is 0. The van der Waals surface area contributed by atoms with E-state index in [1.807, 2.05) is 42.5 Å². The number of aromatic hydroxyl groups is 1. The molecule has 6 atom stereocenters. The zero-order chi connectivity index (χ0) is 31.1. The number of nitrogen functional groups attached to an aromatic ring is 1. The smallest absolute Gasteiger partial charge is 0.236 e. The number of benzene rings is 2. The van der Waals surface area contributed by atoms with Gasteiger partial charge in [-0.1, -0.05) is 42.5 Å². The summed E-state index contributed by atoms with van der Waals surface area (Å²) in [5, 5.41) is 37.7. The maximum absolute atomic E-state index is 12.7. The molecule has 234 valence electrons. The van der Waals surface area contributed by atoms with Gasteiger partial charge in [-0.25, -0.2) is 15.0 Å². The van der Waals surface area contributed by atoms with E-state index in [9.17, 15) is 20.1 Å². The number of aliphatic hydroxyl groups excluding tert-OH is 2. The number of imidazole rings is 1. The van der Waals surface area contributed by atoms with Crippen LogP contribution in [0.25, 0.3) is 11.2 Å². The minimum absolute atomic E-state index is 0.0161. The molecule has 5 rings (SSSR count). The molecule has 1 amide bonds. The second kappa shape index (κ2) is 14.6. The number of hydrogen-bond acceptors (Lipinski definition) is 11. The van der Waals surface area contributed by atoms with Crippen LogP contribution in [0, 0.1) is 5.92 Å². The molecule has 13 heteroatoms. The maximum Gasteiger partial charge on any atom is 0.236 e. The molecule has 0 bridgehead atoms. The van der Waals surface area contributed by atoms with Crippen LogP contribution in [-0.4, -0.2) is 78.2 Å². The molecule has 13 nitrogen and oxygen atoms in total. The molecule has 0 saturated carbocycles. The lowest BCUT2D eigenvalue weighted by Gasteiger charge is -2.24. The van der Waals surface area contributed by atoms with Gasteiger partial charge in [0.05, 0.1) is 18.5 Å². The van der Waals surface area contributed by atoms with Crippen molar-refractivity contribution in [3.63, 3.8) is 0 Å². The van der Waals surface area contributed by atoms with Crippen LogP contribution in [0.3, 0.4) is 0 Å². The van der Waals surface area contributed by atoms with Crippen molar-refractivity contribution >= 4 is 22.9 Å². The lowest BCUT2D eigenvalue weighted by Crippen LogP contribution is -2.42. The number of phenolic OH excluding ortho intramolecular Hbond substituents is 1. The van der Waals surface area contributed by atoms with Crippen molar-refractivity contribution < 1.29 is 24.9 Å². The molecule has 1 aliphatic heterocycles. The number of carbonyl (C=O) groups excluding carboxylic acids is 1. The van der Waals surface area contributed by atoms with Crippen molar-refractivity contribution in [2.45, 2.75) is 62.8 Å².